The largest absolute Gasteiger partial charge is 0.343 e. The van der Waals surface area contributed by atoms with Gasteiger partial charge >= 0.3 is 5.69 Å². The van der Waals surface area contributed by atoms with Crippen molar-refractivity contribution in [3.63, 3.8) is 0 Å². The molecule has 3 aromatic carbocycles. The van der Waals surface area contributed by atoms with E-state index in [1.165, 1.54) is 11.8 Å². The SMILES string of the molecule is O=C(CSc1n[nH]c(=O)n1CCc1ccccc1)N1c2ccccc2Sc2ccccc21. The molecule has 1 aliphatic rings. The summed E-state index contributed by atoms with van der Waals surface area (Å²) < 4.78 is 1.60. The van der Waals surface area contributed by atoms with E-state index >= 15 is 0 Å². The first-order valence-corrected chi connectivity index (χ1v) is 12.0. The van der Waals surface area contributed by atoms with Crippen molar-refractivity contribution < 1.29 is 4.79 Å². The molecule has 6 nitrogen and oxygen atoms in total. The van der Waals surface area contributed by atoms with E-state index in [0.29, 0.717) is 18.1 Å². The molecule has 1 amide bonds. The van der Waals surface area contributed by atoms with Gasteiger partial charge in [0.05, 0.1) is 17.1 Å². The summed E-state index contributed by atoms with van der Waals surface area (Å²) in [6.07, 6.45) is 0.714. The summed E-state index contributed by atoms with van der Waals surface area (Å²) in [4.78, 5) is 29.5. The maximum Gasteiger partial charge on any atom is 0.343 e. The Morgan fingerprint density at radius 3 is 2.22 bits per heavy atom. The predicted octanol–water partition coefficient (Wildman–Crippen LogP) is 4.74. The number of para-hydroxylation sites is 2. The minimum atomic E-state index is -0.263. The Morgan fingerprint density at radius 2 is 1.53 bits per heavy atom. The number of aromatic nitrogens is 3. The van der Waals surface area contributed by atoms with Gasteiger partial charge in [-0.05, 0) is 36.2 Å². The number of nitrogens with zero attached hydrogens (tertiary/aromatic N) is 3. The van der Waals surface area contributed by atoms with E-state index in [0.717, 1.165) is 26.7 Å². The van der Waals surface area contributed by atoms with Crippen LogP contribution in [0, 0.1) is 0 Å². The van der Waals surface area contributed by atoms with E-state index in [1.54, 1.807) is 21.2 Å². The molecular weight excluding hydrogens is 440 g/mol. The monoisotopic (exact) mass is 460 g/mol. The number of rotatable bonds is 6. The van der Waals surface area contributed by atoms with Gasteiger partial charge in [-0.15, -0.1) is 5.10 Å². The third kappa shape index (κ3) is 4.11. The van der Waals surface area contributed by atoms with Crippen LogP contribution in [0.25, 0.3) is 0 Å². The van der Waals surface area contributed by atoms with Crippen LogP contribution >= 0.6 is 23.5 Å². The molecule has 5 rings (SSSR count). The van der Waals surface area contributed by atoms with Crippen LogP contribution in [0.4, 0.5) is 11.4 Å². The number of aromatic amines is 1. The Bertz CT molecular complexity index is 1270. The minimum Gasteiger partial charge on any atom is -0.278 e. The summed E-state index contributed by atoms with van der Waals surface area (Å²) in [5, 5.41) is 7.18. The van der Waals surface area contributed by atoms with Gasteiger partial charge < -0.3 is 0 Å². The van der Waals surface area contributed by atoms with Crippen molar-refractivity contribution in [1.82, 2.24) is 14.8 Å². The maximum atomic E-state index is 13.4. The summed E-state index contributed by atoms with van der Waals surface area (Å²) >= 11 is 2.94. The Hall–Kier alpha value is -3.23. The van der Waals surface area contributed by atoms with Crippen molar-refractivity contribution in [1.29, 1.82) is 0 Å². The molecule has 0 atom stereocenters. The lowest BCUT2D eigenvalue weighted by molar-refractivity contribution is -0.115. The highest BCUT2D eigenvalue weighted by molar-refractivity contribution is 8.00. The fourth-order valence-corrected chi connectivity index (χ4v) is 5.54. The van der Waals surface area contributed by atoms with Crippen molar-refractivity contribution >= 4 is 40.8 Å². The number of benzene rings is 3. The smallest absolute Gasteiger partial charge is 0.278 e. The Morgan fingerprint density at radius 1 is 0.906 bits per heavy atom. The molecule has 0 unspecified atom stereocenters. The number of anilines is 2. The van der Waals surface area contributed by atoms with Crippen molar-refractivity contribution in [2.24, 2.45) is 0 Å². The first kappa shape index (κ1) is 20.7. The third-order valence-corrected chi connectivity index (χ3v) is 7.29. The predicted molar refractivity (Wildman–Crippen MR) is 128 cm³/mol. The average Bonchev–Trinajstić information content (AvgIpc) is 3.19. The van der Waals surface area contributed by atoms with E-state index in [1.807, 2.05) is 78.9 Å². The molecule has 160 valence electrons. The molecule has 4 aromatic rings. The zero-order valence-corrected chi connectivity index (χ0v) is 18.7. The number of carbonyl (C=O) groups is 1. The van der Waals surface area contributed by atoms with Gasteiger partial charge in [-0.25, -0.2) is 9.89 Å². The molecule has 1 aromatic heterocycles. The quantitative estimate of drug-likeness (QED) is 0.421. The second-order valence-electron chi connectivity index (χ2n) is 7.25. The summed E-state index contributed by atoms with van der Waals surface area (Å²) in [6.45, 7) is 0.502. The molecule has 0 saturated heterocycles. The molecule has 1 N–H and O–H groups in total. The van der Waals surface area contributed by atoms with E-state index in [-0.39, 0.29) is 17.3 Å². The van der Waals surface area contributed by atoms with Crippen molar-refractivity contribution in [2.45, 2.75) is 27.9 Å². The number of fused-ring (bicyclic) bond motifs is 2. The topological polar surface area (TPSA) is 71.0 Å². The first-order valence-electron chi connectivity index (χ1n) is 10.2. The van der Waals surface area contributed by atoms with E-state index in [4.69, 9.17) is 0 Å². The number of aryl methyl sites for hydroxylation is 1. The fraction of sp³-hybridized carbons (Fsp3) is 0.125. The van der Waals surface area contributed by atoms with Gasteiger partial charge in [0, 0.05) is 16.3 Å². The lowest BCUT2D eigenvalue weighted by Crippen LogP contribution is -2.30. The summed E-state index contributed by atoms with van der Waals surface area (Å²) in [5.41, 5.74) is 2.64. The van der Waals surface area contributed by atoms with Gasteiger partial charge in [0.1, 0.15) is 0 Å². The normalized spacial score (nSPS) is 12.3. The van der Waals surface area contributed by atoms with Crippen LogP contribution in [0.3, 0.4) is 0 Å². The van der Waals surface area contributed by atoms with Crippen LogP contribution < -0.4 is 10.6 Å². The van der Waals surface area contributed by atoms with Crippen LogP contribution in [-0.2, 0) is 17.8 Å². The molecular formula is C24H20N4O2S2. The standard InChI is InChI=1S/C24H20N4O2S2/c29-22(28-18-10-4-6-12-20(18)32-21-13-7-5-11-19(21)28)16-31-24-26-25-23(30)27(24)15-14-17-8-2-1-3-9-17/h1-13H,14-16H2,(H,25,30). The molecule has 1 aliphatic heterocycles. The minimum absolute atomic E-state index is 0.0553. The maximum absolute atomic E-state index is 13.4. The zero-order chi connectivity index (χ0) is 21.9. The molecule has 0 bridgehead atoms. The number of thioether (sulfide) groups is 1. The molecule has 0 spiro atoms. The van der Waals surface area contributed by atoms with Gasteiger partial charge in [0.25, 0.3) is 0 Å². The lowest BCUT2D eigenvalue weighted by atomic mass is 10.1. The van der Waals surface area contributed by atoms with Crippen LogP contribution in [-0.4, -0.2) is 26.4 Å². The average molecular weight is 461 g/mol. The van der Waals surface area contributed by atoms with Gasteiger partial charge in [-0.1, -0.05) is 78.1 Å². The van der Waals surface area contributed by atoms with Crippen molar-refractivity contribution in [2.75, 3.05) is 10.7 Å². The highest BCUT2D eigenvalue weighted by Gasteiger charge is 2.28. The second kappa shape index (κ2) is 9.10. The van der Waals surface area contributed by atoms with Gasteiger partial charge in [0.15, 0.2) is 5.16 Å². The number of hydrogen-bond acceptors (Lipinski definition) is 5. The second-order valence-corrected chi connectivity index (χ2v) is 9.28. The summed E-state index contributed by atoms with van der Waals surface area (Å²) in [6, 6.07) is 25.8. The Kier molecular flexibility index (Phi) is 5.87. The Labute approximate surface area is 193 Å². The zero-order valence-electron chi connectivity index (χ0n) is 17.1. The van der Waals surface area contributed by atoms with E-state index in [9.17, 15) is 9.59 Å². The Balaban J connectivity index is 1.35. The van der Waals surface area contributed by atoms with Crippen molar-refractivity contribution in [3.05, 3.63) is 94.9 Å². The third-order valence-electron chi connectivity index (χ3n) is 5.20. The van der Waals surface area contributed by atoms with Crippen LogP contribution in [0.2, 0.25) is 0 Å². The first-order chi connectivity index (χ1) is 15.7. The lowest BCUT2D eigenvalue weighted by Gasteiger charge is -2.30. The summed E-state index contributed by atoms with van der Waals surface area (Å²) in [5.74, 6) is 0.114. The number of carbonyl (C=O) groups excluding carboxylic acids is 1. The van der Waals surface area contributed by atoms with E-state index in [2.05, 4.69) is 10.2 Å². The molecule has 0 saturated carbocycles. The molecule has 0 fully saturated rings. The van der Waals surface area contributed by atoms with Crippen LogP contribution in [0.5, 0.6) is 0 Å². The summed E-state index contributed by atoms with van der Waals surface area (Å²) in [7, 11) is 0. The number of hydrogen-bond donors (Lipinski definition) is 1. The van der Waals surface area contributed by atoms with Gasteiger partial charge in [-0.2, -0.15) is 0 Å². The van der Waals surface area contributed by atoms with Crippen LogP contribution in [0.1, 0.15) is 5.56 Å². The molecule has 8 heteroatoms. The molecule has 32 heavy (non-hydrogen) atoms. The van der Waals surface area contributed by atoms with E-state index < -0.39 is 0 Å². The highest BCUT2D eigenvalue weighted by Crippen LogP contribution is 2.48. The molecule has 2 heterocycles. The number of nitrogens with one attached hydrogen (secondary N) is 1. The highest BCUT2D eigenvalue weighted by atomic mass is 32.2. The number of H-pyrrole nitrogens is 1. The van der Waals surface area contributed by atoms with Crippen LogP contribution in [0.15, 0.2) is 98.6 Å². The number of amides is 1. The van der Waals surface area contributed by atoms with Gasteiger partial charge in [-0.3, -0.25) is 14.3 Å². The molecule has 0 aliphatic carbocycles. The fourth-order valence-electron chi connectivity index (χ4n) is 3.66. The van der Waals surface area contributed by atoms with Gasteiger partial charge in [0.2, 0.25) is 5.91 Å². The molecule has 0 radical (unpaired) electrons. The van der Waals surface area contributed by atoms with Crippen molar-refractivity contribution in [3.8, 4) is 0 Å².